The Morgan fingerprint density at radius 3 is 2.17 bits per heavy atom. The van der Waals surface area contributed by atoms with Crippen LogP contribution in [0, 0.1) is 0 Å². The molecule has 0 radical (unpaired) electrons. The van der Waals surface area contributed by atoms with Gasteiger partial charge in [-0.3, -0.25) is 0 Å². The highest BCUT2D eigenvalue weighted by Crippen LogP contribution is 2.39. The Balaban J connectivity index is 2.67. The summed E-state index contributed by atoms with van der Waals surface area (Å²) < 4.78 is 24.4. The molecule has 0 atom stereocenters. The Morgan fingerprint density at radius 2 is 1.56 bits per heavy atom. The minimum Gasteiger partial charge on any atom is -0.506 e. The second kappa shape index (κ2) is 4.51. The molecule has 18 heavy (non-hydrogen) atoms. The normalized spacial score (nSPS) is 11.4. The SMILES string of the molecule is O=S(=O)(c1ccccc1)c1ccc(O)c(Cl)c1O. The van der Waals surface area contributed by atoms with E-state index in [2.05, 4.69) is 0 Å². The van der Waals surface area contributed by atoms with Gasteiger partial charge in [-0.05, 0) is 24.3 Å². The van der Waals surface area contributed by atoms with Gasteiger partial charge in [-0.2, -0.15) is 0 Å². The molecule has 0 saturated carbocycles. The average Bonchev–Trinajstić information content (AvgIpc) is 2.37. The van der Waals surface area contributed by atoms with Crippen molar-refractivity contribution in [3.63, 3.8) is 0 Å². The molecular formula is C12H9ClO4S. The van der Waals surface area contributed by atoms with Gasteiger partial charge >= 0.3 is 0 Å². The molecule has 0 aromatic heterocycles. The monoisotopic (exact) mass is 284 g/mol. The highest BCUT2D eigenvalue weighted by molar-refractivity contribution is 7.91. The second-order valence-electron chi connectivity index (χ2n) is 3.56. The zero-order chi connectivity index (χ0) is 13.3. The van der Waals surface area contributed by atoms with Crippen molar-refractivity contribution in [1.29, 1.82) is 0 Å². The minimum absolute atomic E-state index is 0.0436. The fraction of sp³-hybridized carbons (Fsp3) is 0. The molecule has 0 aliphatic carbocycles. The lowest BCUT2D eigenvalue weighted by Crippen LogP contribution is -2.02. The zero-order valence-electron chi connectivity index (χ0n) is 9.04. The van der Waals surface area contributed by atoms with Crippen LogP contribution in [0.25, 0.3) is 0 Å². The first-order valence-corrected chi connectivity index (χ1v) is 6.81. The van der Waals surface area contributed by atoms with E-state index >= 15 is 0 Å². The van der Waals surface area contributed by atoms with Crippen molar-refractivity contribution in [3.05, 3.63) is 47.5 Å². The molecule has 0 aliphatic heterocycles. The third kappa shape index (κ3) is 2.02. The molecule has 0 saturated heterocycles. The van der Waals surface area contributed by atoms with E-state index in [4.69, 9.17) is 11.6 Å². The number of aromatic hydroxyl groups is 2. The predicted octanol–water partition coefficient (Wildman–Crippen LogP) is 2.58. The van der Waals surface area contributed by atoms with Crippen LogP contribution in [0.2, 0.25) is 5.02 Å². The van der Waals surface area contributed by atoms with Crippen LogP contribution in [0.3, 0.4) is 0 Å². The van der Waals surface area contributed by atoms with E-state index in [-0.39, 0.29) is 20.6 Å². The molecule has 2 aromatic carbocycles. The van der Waals surface area contributed by atoms with Crippen molar-refractivity contribution in [2.75, 3.05) is 0 Å². The van der Waals surface area contributed by atoms with Gasteiger partial charge in [-0.15, -0.1) is 0 Å². The summed E-state index contributed by atoms with van der Waals surface area (Å²) in [7, 11) is -3.85. The van der Waals surface area contributed by atoms with E-state index in [0.717, 1.165) is 12.1 Å². The van der Waals surface area contributed by atoms with Crippen LogP contribution in [0.15, 0.2) is 52.3 Å². The molecule has 6 heteroatoms. The Morgan fingerprint density at radius 1 is 0.944 bits per heavy atom. The second-order valence-corrected chi connectivity index (χ2v) is 5.86. The van der Waals surface area contributed by atoms with Crippen molar-refractivity contribution < 1.29 is 18.6 Å². The summed E-state index contributed by atoms with van der Waals surface area (Å²) in [6.45, 7) is 0. The molecule has 0 heterocycles. The van der Waals surface area contributed by atoms with Gasteiger partial charge in [0.15, 0.2) is 5.75 Å². The highest BCUT2D eigenvalue weighted by Gasteiger charge is 2.23. The van der Waals surface area contributed by atoms with Gasteiger partial charge < -0.3 is 10.2 Å². The largest absolute Gasteiger partial charge is 0.506 e. The number of phenols is 2. The van der Waals surface area contributed by atoms with E-state index in [9.17, 15) is 18.6 Å². The van der Waals surface area contributed by atoms with Gasteiger partial charge in [0.1, 0.15) is 15.7 Å². The molecule has 0 aliphatic rings. The first-order valence-electron chi connectivity index (χ1n) is 4.95. The predicted molar refractivity (Wildman–Crippen MR) is 66.7 cm³/mol. The molecule has 0 unspecified atom stereocenters. The Labute approximate surface area is 109 Å². The summed E-state index contributed by atoms with van der Waals surface area (Å²) >= 11 is 5.61. The molecule has 0 fully saturated rings. The van der Waals surface area contributed by atoms with Crippen LogP contribution < -0.4 is 0 Å². The fourth-order valence-electron chi connectivity index (χ4n) is 1.48. The molecule has 2 aromatic rings. The third-order valence-corrected chi connectivity index (χ3v) is 4.58. The zero-order valence-corrected chi connectivity index (χ0v) is 10.6. The Hall–Kier alpha value is -1.72. The summed E-state index contributed by atoms with van der Waals surface area (Å²) in [5.41, 5.74) is 0. The Kier molecular flexibility index (Phi) is 3.19. The van der Waals surface area contributed by atoms with Gasteiger partial charge in [0.05, 0.1) is 4.90 Å². The van der Waals surface area contributed by atoms with Gasteiger partial charge in [0.25, 0.3) is 0 Å². The smallest absolute Gasteiger partial charge is 0.210 e. The first kappa shape index (κ1) is 12.7. The minimum atomic E-state index is -3.85. The van der Waals surface area contributed by atoms with Crippen LogP contribution in [-0.4, -0.2) is 18.6 Å². The molecule has 94 valence electrons. The maximum absolute atomic E-state index is 12.2. The van der Waals surface area contributed by atoms with Crippen molar-refractivity contribution in [1.82, 2.24) is 0 Å². The molecule has 0 spiro atoms. The molecule has 2 N–H and O–H groups in total. The van der Waals surface area contributed by atoms with E-state index in [0.29, 0.717) is 0 Å². The van der Waals surface area contributed by atoms with Crippen molar-refractivity contribution in [2.45, 2.75) is 9.79 Å². The number of sulfone groups is 1. The van der Waals surface area contributed by atoms with Gasteiger partial charge in [-0.1, -0.05) is 29.8 Å². The highest BCUT2D eigenvalue weighted by atomic mass is 35.5. The van der Waals surface area contributed by atoms with Gasteiger partial charge in [0, 0.05) is 0 Å². The van der Waals surface area contributed by atoms with Crippen LogP contribution >= 0.6 is 11.6 Å². The van der Waals surface area contributed by atoms with E-state index in [1.807, 2.05) is 0 Å². The quantitative estimate of drug-likeness (QED) is 0.889. The molecular weight excluding hydrogens is 276 g/mol. The van der Waals surface area contributed by atoms with Gasteiger partial charge in [-0.25, -0.2) is 8.42 Å². The standard InChI is InChI=1S/C12H9ClO4S/c13-11-9(14)6-7-10(12(11)15)18(16,17)8-4-2-1-3-5-8/h1-7,14-15H. The summed E-state index contributed by atoms with van der Waals surface area (Å²) in [6, 6.07) is 9.89. The number of phenolic OH excluding ortho intramolecular Hbond substituents is 2. The van der Waals surface area contributed by atoms with Crippen LogP contribution in [0.4, 0.5) is 0 Å². The Bertz CT molecular complexity index is 681. The number of benzene rings is 2. The molecule has 0 bridgehead atoms. The average molecular weight is 285 g/mol. The summed E-state index contributed by atoms with van der Waals surface area (Å²) in [6.07, 6.45) is 0. The lowest BCUT2D eigenvalue weighted by molar-refractivity contribution is 0.440. The summed E-state index contributed by atoms with van der Waals surface area (Å²) in [5, 5.41) is 18.6. The van der Waals surface area contributed by atoms with Crippen LogP contribution in [0.5, 0.6) is 11.5 Å². The summed E-state index contributed by atoms with van der Waals surface area (Å²) in [4.78, 5) is -0.293. The van der Waals surface area contributed by atoms with Gasteiger partial charge in [0.2, 0.25) is 9.84 Å². The van der Waals surface area contributed by atoms with E-state index in [1.54, 1.807) is 18.2 Å². The number of hydrogen-bond donors (Lipinski definition) is 2. The first-order chi connectivity index (χ1) is 8.44. The lowest BCUT2D eigenvalue weighted by Gasteiger charge is -2.08. The number of hydrogen-bond acceptors (Lipinski definition) is 4. The lowest BCUT2D eigenvalue weighted by atomic mass is 10.3. The molecule has 2 rings (SSSR count). The van der Waals surface area contributed by atoms with Crippen molar-refractivity contribution in [3.8, 4) is 11.5 Å². The maximum atomic E-state index is 12.2. The van der Waals surface area contributed by atoms with Crippen molar-refractivity contribution in [2.24, 2.45) is 0 Å². The molecule has 4 nitrogen and oxygen atoms in total. The maximum Gasteiger partial charge on any atom is 0.210 e. The summed E-state index contributed by atoms with van der Waals surface area (Å²) in [5.74, 6) is -1.03. The third-order valence-electron chi connectivity index (χ3n) is 2.40. The van der Waals surface area contributed by atoms with E-state index in [1.165, 1.54) is 12.1 Å². The number of rotatable bonds is 2. The van der Waals surface area contributed by atoms with Crippen LogP contribution in [-0.2, 0) is 9.84 Å². The van der Waals surface area contributed by atoms with Crippen LogP contribution in [0.1, 0.15) is 0 Å². The van der Waals surface area contributed by atoms with E-state index < -0.39 is 15.6 Å². The molecule has 0 amide bonds. The fourth-order valence-corrected chi connectivity index (χ4v) is 3.07. The van der Waals surface area contributed by atoms with Crippen molar-refractivity contribution >= 4 is 21.4 Å². The number of halogens is 1. The topological polar surface area (TPSA) is 74.6 Å².